The summed E-state index contributed by atoms with van der Waals surface area (Å²) in [5.41, 5.74) is 1.41. The number of ether oxygens (including phenoxy) is 2. The highest BCUT2D eigenvalue weighted by Crippen LogP contribution is 2.27. The molecule has 1 atom stereocenters. The van der Waals surface area contributed by atoms with E-state index in [9.17, 15) is 0 Å². The molecule has 2 N–H and O–H groups in total. The van der Waals surface area contributed by atoms with Crippen LogP contribution in [0.15, 0.2) is 18.2 Å². The Morgan fingerprint density at radius 1 is 1.10 bits per heavy atom. The van der Waals surface area contributed by atoms with Gasteiger partial charge in [0.25, 0.3) is 0 Å². The molecular weight excluding hydrogens is 264 g/mol. The maximum atomic E-state index is 5.32. The van der Waals surface area contributed by atoms with Gasteiger partial charge in [0.05, 0.1) is 14.2 Å². The van der Waals surface area contributed by atoms with Crippen LogP contribution >= 0.6 is 0 Å². The van der Waals surface area contributed by atoms with E-state index in [0.29, 0.717) is 6.04 Å². The first-order valence-electron chi connectivity index (χ1n) is 7.55. The van der Waals surface area contributed by atoms with Crippen molar-refractivity contribution in [3.63, 3.8) is 0 Å². The minimum absolute atomic E-state index is 0.166. The van der Waals surface area contributed by atoms with Crippen molar-refractivity contribution in [1.82, 2.24) is 10.6 Å². The molecule has 0 fully saturated rings. The summed E-state index contributed by atoms with van der Waals surface area (Å²) in [6.07, 6.45) is 0.972. The predicted molar refractivity (Wildman–Crippen MR) is 88.5 cm³/mol. The number of benzene rings is 1. The van der Waals surface area contributed by atoms with Crippen LogP contribution in [0.25, 0.3) is 0 Å². The number of rotatable bonds is 8. The number of nitrogens with one attached hydrogen (secondary N) is 2. The maximum Gasteiger partial charge on any atom is 0.160 e. The lowest BCUT2D eigenvalue weighted by Crippen LogP contribution is -2.44. The average molecular weight is 294 g/mol. The second kappa shape index (κ2) is 8.25. The van der Waals surface area contributed by atoms with Crippen LogP contribution in [0.3, 0.4) is 0 Å². The molecule has 1 aromatic carbocycles. The highest BCUT2D eigenvalue weighted by atomic mass is 16.5. The molecular formula is C17H30N2O2. The van der Waals surface area contributed by atoms with Crippen LogP contribution in [0.1, 0.15) is 33.3 Å². The molecule has 1 unspecified atom stereocenters. The fourth-order valence-corrected chi connectivity index (χ4v) is 2.03. The second-order valence-electron chi connectivity index (χ2n) is 6.43. The summed E-state index contributed by atoms with van der Waals surface area (Å²) in [4.78, 5) is 0. The van der Waals surface area contributed by atoms with Crippen LogP contribution in [0.5, 0.6) is 11.5 Å². The highest BCUT2D eigenvalue weighted by molar-refractivity contribution is 5.42. The lowest BCUT2D eigenvalue weighted by atomic mass is 10.1. The van der Waals surface area contributed by atoms with Crippen molar-refractivity contribution in [2.24, 2.45) is 0 Å². The normalized spacial score (nSPS) is 13.0. The van der Waals surface area contributed by atoms with Gasteiger partial charge < -0.3 is 20.1 Å². The summed E-state index contributed by atoms with van der Waals surface area (Å²) < 4.78 is 10.6. The largest absolute Gasteiger partial charge is 0.493 e. The summed E-state index contributed by atoms with van der Waals surface area (Å²) in [7, 11) is 3.32. The van der Waals surface area contributed by atoms with E-state index in [1.807, 2.05) is 12.1 Å². The van der Waals surface area contributed by atoms with Crippen molar-refractivity contribution >= 4 is 0 Å². The number of hydrogen-bond acceptors (Lipinski definition) is 4. The molecule has 0 amide bonds. The molecule has 4 nitrogen and oxygen atoms in total. The maximum absolute atomic E-state index is 5.32. The SMILES string of the molecule is COc1ccc(CCNC(C)CNC(C)(C)C)cc1OC. The summed E-state index contributed by atoms with van der Waals surface area (Å²) in [5, 5.41) is 7.04. The van der Waals surface area contributed by atoms with Gasteiger partial charge in [-0.1, -0.05) is 6.07 Å². The van der Waals surface area contributed by atoms with Crippen LogP contribution in [-0.4, -0.2) is 38.9 Å². The minimum Gasteiger partial charge on any atom is -0.493 e. The molecule has 1 rings (SSSR count). The zero-order chi connectivity index (χ0) is 15.9. The monoisotopic (exact) mass is 294 g/mol. The summed E-state index contributed by atoms with van der Waals surface area (Å²) >= 11 is 0. The van der Waals surface area contributed by atoms with Gasteiger partial charge in [-0.2, -0.15) is 0 Å². The van der Waals surface area contributed by atoms with E-state index in [4.69, 9.17) is 9.47 Å². The Kier molecular flexibility index (Phi) is 6.99. The molecule has 0 aliphatic heterocycles. The smallest absolute Gasteiger partial charge is 0.160 e. The van der Waals surface area contributed by atoms with Gasteiger partial charge >= 0.3 is 0 Å². The van der Waals surface area contributed by atoms with Crippen LogP contribution in [0.2, 0.25) is 0 Å². The Morgan fingerprint density at radius 2 is 1.76 bits per heavy atom. The third-order valence-corrected chi connectivity index (χ3v) is 3.29. The number of methoxy groups -OCH3 is 2. The van der Waals surface area contributed by atoms with Crippen molar-refractivity contribution in [2.45, 2.75) is 45.7 Å². The molecule has 0 radical (unpaired) electrons. The van der Waals surface area contributed by atoms with Gasteiger partial charge in [0.2, 0.25) is 0 Å². The van der Waals surface area contributed by atoms with E-state index in [1.54, 1.807) is 14.2 Å². The van der Waals surface area contributed by atoms with E-state index in [2.05, 4.69) is 44.4 Å². The zero-order valence-electron chi connectivity index (χ0n) is 14.2. The van der Waals surface area contributed by atoms with Gasteiger partial charge in [0.15, 0.2) is 11.5 Å². The van der Waals surface area contributed by atoms with Crippen molar-refractivity contribution in [2.75, 3.05) is 27.3 Å². The van der Waals surface area contributed by atoms with E-state index >= 15 is 0 Å². The topological polar surface area (TPSA) is 42.5 Å². The first-order valence-corrected chi connectivity index (χ1v) is 7.55. The van der Waals surface area contributed by atoms with Crippen molar-refractivity contribution in [1.29, 1.82) is 0 Å². The van der Waals surface area contributed by atoms with Gasteiger partial charge in [-0.25, -0.2) is 0 Å². The first kappa shape index (κ1) is 17.8. The van der Waals surface area contributed by atoms with Gasteiger partial charge in [-0.3, -0.25) is 0 Å². The molecule has 120 valence electrons. The van der Waals surface area contributed by atoms with Crippen LogP contribution in [0, 0.1) is 0 Å². The summed E-state index contributed by atoms with van der Waals surface area (Å²) in [6.45, 7) is 10.7. The molecule has 1 aromatic rings. The quantitative estimate of drug-likeness (QED) is 0.773. The van der Waals surface area contributed by atoms with Gasteiger partial charge in [-0.05, 0) is 58.4 Å². The van der Waals surface area contributed by atoms with E-state index in [1.165, 1.54) is 5.56 Å². The van der Waals surface area contributed by atoms with E-state index in [0.717, 1.165) is 31.0 Å². The van der Waals surface area contributed by atoms with E-state index < -0.39 is 0 Å². The van der Waals surface area contributed by atoms with Crippen LogP contribution < -0.4 is 20.1 Å². The standard InChI is InChI=1S/C17H30N2O2/c1-13(12-19-17(2,3)4)18-10-9-14-7-8-15(20-5)16(11-14)21-6/h7-8,11,13,18-19H,9-10,12H2,1-6H3. The third-order valence-electron chi connectivity index (χ3n) is 3.29. The molecule has 4 heteroatoms. The van der Waals surface area contributed by atoms with Crippen molar-refractivity contribution in [3.05, 3.63) is 23.8 Å². The summed E-state index contributed by atoms with van der Waals surface area (Å²) in [6, 6.07) is 6.53. The van der Waals surface area contributed by atoms with Crippen molar-refractivity contribution in [3.8, 4) is 11.5 Å². The van der Waals surface area contributed by atoms with Gasteiger partial charge in [-0.15, -0.1) is 0 Å². The average Bonchev–Trinajstić information content (AvgIpc) is 2.44. The molecule has 21 heavy (non-hydrogen) atoms. The lowest BCUT2D eigenvalue weighted by Gasteiger charge is -2.24. The predicted octanol–water partition coefficient (Wildman–Crippen LogP) is 2.61. The Bertz CT molecular complexity index is 427. The molecule has 0 bridgehead atoms. The molecule has 0 aromatic heterocycles. The molecule has 0 spiro atoms. The molecule has 0 saturated carbocycles. The Hall–Kier alpha value is -1.26. The molecule has 0 heterocycles. The fraction of sp³-hybridized carbons (Fsp3) is 0.647. The van der Waals surface area contributed by atoms with Crippen LogP contribution in [-0.2, 0) is 6.42 Å². The van der Waals surface area contributed by atoms with Gasteiger partial charge in [0, 0.05) is 18.1 Å². The molecule has 0 saturated heterocycles. The van der Waals surface area contributed by atoms with Crippen molar-refractivity contribution < 1.29 is 9.47 Å². The van der Waals surface area contributed by atoms with Gasteiger partial charge in [0.1, 0.15) is 0 Å². The Morgan fingerprint density at radius 3 is 2.33 bits per heavy atom. The molecule has 0 aliphatic rings. The second-order valence-corrected chi connectivity index (χ2v) is 6.43. The van der Waals surface area contributed by atoms with Crippen LogP contribution in [0.4, 0.5) is 0 Å². The summed E-state index contributed by atoms with van der Waals surface area (Å²) in [5.74, 6) is 1.56. The highest BCUT2D eigenvalue weighted by Gasteiger charge is 2.10. The fourth-order valence-electron chi connectivity index (χ4n) is 2.03. The lowest BCUT2D eigenvalue weighted by molar-refractivity contribution is 0.354. The number of hydrogen-bond donors (Lipinski definition) is 2. The van der Waals surface area contributed by atoms with E-state index in [-0.39, 0.29) is 5.54 Å². The Balaban J connectivity index is 2.38. The molecule has 0 aliphatic carbocycles. The zero-order valence-corrected chi connectivity index (χ0v) is 14.2. The minimum atomic E-state index is 0.166. The Labute approximate surface area is 129 Å². The first-order chi connectivity index (χ1) is 9.85. The third kappa shape index (κ3) is 6.82.